The molecule has 5 nitrogen and oxygen atoms in total. The van der Waals surface area contributed by atoms with Gasteiger partial charge >= 0.3 is 5.97 Å². The van der Waals surface area contributed by atoms with Crippen molar-refractivity contribution in [3.63, 3.8) is 0 Å². The second kappa shape index (κ2) is 4.61. The summed E-state index contributed by atoms with van der Waals surface area (Å²) in [6.45, 7) is 0.414. The van der Waals surface area contributed by atoms with E-state index in [2.05, 4.69) is 5.10 Å². The van der Waals surface area contributed by atoms with Crippen molar-refractivity contribution in [3.05, 3.63) is 18.5 Å². The Morgan fingerprint density at radius 1 is 1.77 bits per heavy atom. The van der Waals surface area contributed by atoms with Crippen LogP contribution in [-0.4, -0.2) is 34.6 Å². The zero-order chi connectivity index (χ0) is 9.68. The fourth-order valence-electron chi connectivity index (χ4n) is 1.06. The monoisotopic (exact) mass is 184 g/mol. The summed E-state index contributed by atoms with van der Waals surface area (Å²) in [7, 11) is 1.54. The highest BCUT2D eigenvalue weighted by Crippen LogP contribution is 2.09. The van der Waals surface area contributed by atoms with E-state index < -0.39 is 12.0 Å². The highest BCUT2D eigenvalue weighted by molar-refractivity contribution is 5.71. The van der Waals surface area contributed by atoms with Gasteiger partial charge in [-0.2, -0.15) is 5.10 Å². The predicted molar refractivity (Wildman–Crippen MR) is 45.4 cm³/mol. The minimum Gasteiger partial charge on any atom is -0.480 e. The van der Waals surface area contributed by atoms with Gasteiger partial charge in [-0.05, 0) is 6.07 Å². The Morgan fingerprint density at radius 3 is 3.00 bits per heavy atom. The van der Waals surface area contributed by atoms with Crippen molar-refractivity contribution in [1.29, 1.82) is 0 Å². The van der Waals surface area contributed by atoms with Gasteiger partial charge in [0.2, 0.25) is 0 Å². The zero-order valence-corrected chi connectivity index (χ0v) is 7.38. The summed E-state index contributed by atoms with van der Waals surface area (Å²) in [5, 5.41) is 12.7. The number of carboxylic acid groups (broad SMARTS) is 1. The highest BCUT2D eigenvalue weighted by Gasteiger charge is 2.18. The Morgan fingerprint density at radius 2 is 2.54 bits per heavy atom. The molecule has 1 rings (SSSR count). The average molecular weight is 184 g/mol. The first-order valence-electron chi connectivity index (χ1n) is 3.96. The number of aliphatic carboxylic acids is 1. The molecule has 0 aliphatic heterocycles. The summed E-state index contributed by atoms with van der Waals surface area (Å²) in [5.74, 6) is -0.888. The lowest BCUT2D eigenvalue weighted by Crippen LogP contribution is -2.20. The number of aromatic nitrogens is 2. The third-order valence-corrected chi connectivity index (χ3v) is 1.72. The third kappa shape index (κ3) is 2.55. The highest BCUT2D eigenvalue weighted by atomic mass is 16.5. The number of carboxylic acids is 1. The number of ether oxygens (including phenoxy) is 1. The van der Waals surface area contributed by atoms with Gasteiger partial charge in [0.25, 0.3) is 0 Å². The van der Waals surface area contributed by atoms with Crippen LogP contribution in [0.25, 0.3) is 0 Å². The molecule has 0 aromatic carbocycles. The smallest absolute Gasteiger partial charge is 0.328 e. The molecule has 0 aliphatic rings. The average Bonchev–Trinajstić information content (AvgIpc) is 2.57. The lowest BCUT2D eigenvalue weighted by molar-refractivity contribution is -0.141. The molecule has 1 aromatic rings. The minimum absolute atomic E-state index is 0.414. The van der Waals surface area contributed by atoms with Gasteiger partial charge in [0, 0.05) is 32.5 Å². The van der Waals surface area contributed by atoms with Gasteiger partial charge in [-0.15, -0.1) is 0 Å². The van der Waals surface area contributed by atoms with Crippen molar-refractivity contribution >= 4 is 5.97 Å². The van der Waals surface area contributed by atoms with Crippen molar-refractivity contribution in [3.8, 4) is 0 Å². The molecule has 0 saturated heterocycles. The molecular weight excluding hydrogens is 172 g/mol. The number of methoxy groups -OCH3 is 1. The summed E-state index contributed by atoms with van der Waals surface area (Å²) >= 11 is 0. The van der Waals surface area contributed by atoms with E-state index in [9.17, 15) is 4.79 Å². The first kappa shape index (κ1) is 9.73. The number of hydrogen-bond acceptors (Lipinski definition) is 3. The van der Waals surface area contributed by atoms with E-state index in [0.29, 0.717) is 13.0 Å². The second-order valence-corrected chi connectivity index (χ2v) is 2.62. The Labute approximate surface area is 75.9 Å². The van der Waals surface area contributed by atoms with Crippen LogP contribution in [0.15, 0.2) is 18.5 Å². The molecule has 1 N–H and O–H groups in total. The summed E-state index contributed by atoms with van der Waals surface area (Å²) in [4.78, 5) is 10.8. The minimum atomic E-state index is -0.888. The lowest BCUT2D eigenvalue weighted by Gasteiger charge is -2.11. The lowest BCUT2D eigenvalue weighted by atomic mass is 10.2. The van der Waals surface area contributed by atoms with Gasteiger partial charge in [0.1, 0.15) is 0 Å². The van der Waals surface area contributed by atoms with E-state index in [1.807, 2.05) is 0 Å². The summed E-state index contributed by atoms with van der Waals surface area (Å²) < 4.78 is 6.23. The zero-order valence-electron chi connectivity index (χ0n) is 7.38. The van der Waals surface area contributed by atoms with Crippen LogP contribution in [0.5, 0.6) is 0 Å². The third-order valence-electron chi connectivity index (χ3n) is 1.72. The van der Waals surface area contributed by atoms with Crippen LogP contribution in [0.1, 0.15) is 12.5 Å². The van der Waals surface area contributed by atoms with E-state index >= 15 is 0 Å². The standard InChI is InChI=1S/C8H12N2O3/c1-13-6-3-7(8(11)12)10-5-2-4-9-10/h2,4-5,7H,3,6H2,1H3,(H,11,12)/t7-/m0/s1. The van der Waals surface area contributed by atoms with Crippen LogP contribution in [0.2, 0.25) is 0 Å². The molecule has 0 fully saturated rings. The summed E-state index contributed by atoms with van der Waals surface area (Å²) in [5.41, 5.74) is 0. The van der Waals surface area contributed by atoms with Crippen LogP contribution in [-0.2, 0) is 9.53 Å². The van der Waals surface area contributed by atoms with E-state index in [1.54, 1.807) is 25.6 Å². The molecule has 72 valence electrons. The van der Waals surface area contributed by atoms with Crippen LogP contribution in [0, 0.1) is 0 Å². The number of hydrogen-bond donors (Lipinski definition) is 1. The maximum absolute atomic E-state index is 10.8. The van der Waals surface area contributed by atoms with E-state index in [4.69, 9.17) is 9.84 Å². The molecule has 1 aromatic heterocycles. The normalized spacial score (nSPS) is 12.7. The number of nitrogens with zero attached hydrogens (tertiary/aromatic N) is 2. The van der Waals surface area contributed by atoms with Gasteiger partial charge < -0.3 is 9.84 Å². The maximum atomic E-state index is 10.8. The Hall–Kier alpha value is -1.36. The Balaban J connectivity index is 2.63. The number of carbonyl (C=O) groups is 1. The fraction of sp³-hybridized carbons (Fsp3) is 0.500. The largest absolute Gasteiger partial charge is 0.480 e. The first-order valence-corrected chi connectivity index (χ1v) is 3.96. The van der Waals surface area contributed by atoms with Crippen LogP contribution in [0.4, 0.5) is 0 Å². The summed E-state index contributed by atoms with van der Waals surface area (Å²) in [6.07, 6.45) is 3.62. The summed E-state index contributed by atoms with van der Waals surface area (Å²) in [6, 6.07) is 1.07. The van der Waals surface area contributed by atoms with Crippen LogP contribution in [0.3, 0.4) is 0 Å². The molecule has 0 spiro atoms. The van der Waals surface area contributed by atoms with E-state index in [1.165, 1.54) is 4.68 Å². The van der Waals surface area contributed by atoms with E-state index in [0.717, 1.165) is 0 Å². The Bertz CT molecular complexity index is 258. The molecular formula is C8H12N2O3. The molecule has 0 radical (unpaired) electrons. The molecule has 0 amide bonds. The molecule has 1 atom stereocenters. The number of rotatable bonds is 5. The van der Waals surface area contributed by atoms with Gasteiger partial charge in [-0.25, -0.2) is 4.79 Å². The van der Waals surface area contributed by atoms with Crippen molar-refractivity contribution in [2.24, 2.45) is 0 Å². The van der Waals surface area contributed by atoms with Crippen molar-refractivity contribution in [2.75, 3.05) is 13.7 Å². The van der Waals surface area contributed by atoms with E-state index in [-0.39, 0.29) is 0 Å². The SMILES string of the molecule is COCC[C@@H](C(=O)O)n1cccn1. The molecule has 13 heavy (non-hydrogen) atoms. The Kier molecular flexibility index (Phi) is 3.45. The quantitative estimate of drug-likeness (QED) is 0.725. The maximum Gasteiger partial charge on any atom is 0.328 e. The van der Waals surface area contributed by atoms with Gasteiger partial charge in [0.15, 0.2) is 6.04 Å². The fourth-order valence-corrected chi connectivity index (χ4v) is 1.06. The second-order valence-electron chi connectivity index (χ2n) is 2.62. The molecule has 0 unspecified atom stereocenters. The molecule has 5 heteroatoms. The molecule has 0 saturated carbocycles. The topological polar surface area (TPSA) is 64.3 Å². The first-order chi connectivity index (χ1) is 6.25. The van der Waals surface area contributed by atoms with Gasteiger partial charge in [-0.3, -0.25) is 4.68 Å². The van der Waals surface area contributed by atoms with Crippen molar-refractivity contribution in [1.82, 2.24) is 9.78 Å². The van der Waals surface area contributed by atoms with Crippen molar-refractivity contribution < 1.29 is 14.6 Å². The van der Waals surface area contributed by atoms with Gasteiger partial charge in [-0.1, -0.05) is 0 Å². The van der Waals surface area contributed by atoms with Crippen LogP contribution < -0.4 is 0 Å². The van der Waals surface area contributed by atoms with Gasteiger partial charge in [0.05, 0.1) is 0 Å². The van der Waals surface area contributed by atoms with Crippen molar-refractivity contribution in [2.45, 2.75) is 12.5 Å². The molecule has 1 heterocycles. The van der Waals surface area contributed by atoms with Crippen LogP contribution >= 0.6 is 0 Å². The predicted octanol–water partition coefficient (Wildman–Crippen LogP) is 0.545. The molecule has 0 bridgehead atoms. The molecule has 0 aliphatic carbocycles.